The fourth-order valence-corrected chi connectivity index (χ4v) is 3.19. The molecule has 0 bridgehead atoms. The minimum atomic E-state index is -0.562. The number of rotatable bonds is 5. The Morgan fingerprint density at radius 3 is 2.12 bits per heavy atom. The van der Waals surface area contributed by atoms with Crippen LogP contribution in [0.5, 0.6) is 11.6 Å². The van der Waals surface area contributed by atoms with Crippen LogP contribution < -0.4 is 16.2 Å². The van der Waals surface area contributed by atoms with Gasteiger partial charge in [0.05, 0.1) is 5.54 Å². The van der Waals surface area contributed by atoms with Crippen LogP contribution in [0.1, 0.15) is 46.9 Å². The standard InChI is InChI=1S/C20H29N3O/c1-7-20(22,11-21)17-10-15(5)23-19(16(17)6)24-18-13(3)8-12(2)9-14(18)4/h8-10H,7,11,21-22H2,1-6H3. The Hall–Kier alpha value is -1.91. The Bertz CT molecular complexity index is 726. The van der Waals surface area contributed by atoms with Gasteiger partial charge in [-0.25, -0.2) is 4.98 Å². The zero-order valence-corrected chi connectivity index (χ0v) is 15.7. The van der Waals surface area contributed by atoms with Crippen molar-refractivity contribution in [2.24, 2.45) is 11.5 Å². The number of aryl methyl sites for hydroxylation is 4. The third kappa shape index (κ3) is 3.45. The second kappa shape index (κ2) is 6.91. The van der Waals surface area contributed by atoms with E-state index in [-0.39, 0.29) is 0 Å². The number of pyridine rings is 1. The van der Waals surface area contributed by atoms with Crippen molar-refractivity contribution in [3.8, 4) is 11.6 Å². The molecule has 0 fully saturated rings. The van der Waals surface area contributed by atoms with Crippen LogP contribution in [0.15, 0.2) is 18.2 Å². The van der Waals surface area contributed by atoms with E-state index in [4.69, 9.17) is 16.2 Å². The molecule has 1 heterocycles. The van der Waals surface area contributed by atoms with Gasteiger partial charge >= 0.3 is 0 Å². The van der Waals surface area contributed by atoms with E-state index in [1.54, 1.807) is 0 Å². The largest absolute Gasteiger partial charge is 0.438 e. The molecule has 0 saturated carbocycles. The highest BCUT2D eigenvalue weighted by Gasteiger charge is 2.28. The van der Waals surface area contributed by atoms with Crippen molar-refractivity contribution in [3.05, 3.63) is 51.7 Å². The normalized spacial score (nSPS) is 13.7. The lowest BCUT2D eigenvalue weighted by molar-refractivity contribution is 0.419. The monoisotopic (exact) mass is 327 g/mol. The Morgan fingerprint density at radius 2 is 1.62 bits per heavy atom. The lowest BCUT2D eigenvalue weighted by Gasteiger charge is -2.29. The predicted molar refractivity (Wildman–Crippen MR) is 99.6 cm³/mol. The van der Waals surface area contributed by atoms with Gasteiger partial charge in [0.2, 0.25) is 5.88 Å². The molecule has 0 aliphatic heterocycles. The zero-order chi connectivity index (χ0) is 18.1. The first-order valence-corrected chi connectivity index (χ1v) is 8.45. The van der Waals surface area contributed by atoms with Gasteiger partial charge in [-0.1, -0.05) is 24.6 Å². The van der Waals surface area contributed by atoms with Crippen LogP contribution in [0, 0.1) is 34.6 Å². The van der Waals surface area contributed by atoms with E-state index < -0.39 is 5.54 Å². The highest BCUT2D eigenvalue weighted by atomic mass is 16.5. The number of nitrogens with zero attached hydrogens (tertiary/aromatic N) is 1. The lowest BCUT2D eigenvalue weighted by atomic mass is 9.85. The lowest BCUT2D eigenvalue weighted by Crippen LogP contribution is -2.44. The van der Waals surface area contributed by atoms with Crippen molar-refractivity contribution in [3.63, 3.8) is 0 Å². The number of nitrogens with two attached hydrogens (primary N) is 2. The summed E-state index contributed by atoms with van der Waals surface area (Å²) in [4.78, 5) is 4.60. The molecule has 4 heteroatoms. The smallest absolute Gasteiger partial charge is 0.222 e. The quantitative estimate of drug-likeness (QED) is 0.872. The SMILES string of the molecule is CCC(N)(CN)c1cc(C)nc(Oc2c(C)cc(C)cc2C)c1C. The van der Waals surface area contributed by atoms with Crippen molar-refractivity contribution in [1.29, 1.82) is 0 Å². The summed E-state index contributed by atoms with van der Waals surface area (Å²) in [6.07, 6.45) is 0.760. The first kappa shape index (κ1) is 18.4. The highest BCUT2D eigenvalue weighted by molar-refractivity contribution is 5.47. The number of hydrogen-bond donors (Lipinski definition) is 2. The van der Waals surface area contributed by atoms with E-state index in [0.717, 1.165) is 40.1 Å². The van der Waals surface area contributed by atoms with E-state index in [0.29, 0.717) is 12.4 Å². The Kier molecular flexibility index (Phi) is 5.31. The van der Waals surface area contributed by atoms with E-state index in [1.165, 1.54) is 5.56 Å². The number of hydrogen-bond acceptors (Lipinski definition) is 4. The molecule has 1 aromatic heterocycles. The van der Waals surface area contributed by atoms with Gasteiger partial charge in [-0.15, -0.1) is 0 Å². The van der Waals surface area contributed by atoms with Gasteiger partial charge in [-0.05, 0) is 63.8 Å². The van der Waals surface area contributed by atoms with Gasteiger partial charge in [-0.2, -0.15) is 0 Å². The summed E-state index contributed by atoms with van der Waals surface area (Å²) in [5.41, 5.74) is 18.2. The number of aromatic nitrogens is 1. The molecule has 0 spiro atoms. The molecule has 0 saturated heterocycles. The second-order valence-electron chi connectivity index (χ2n) is 6.79. The summed E-state index contributed by atoms with van der Waals surface area (Å²) in [5, 5.41) is 0. The van der Waals surface area contributed by atoms with Crippen molar-refractivity contribution < 1.29 is 4.74 Å². The third-order valence-corrected chi connectivity index (χ3v) is 4.69. The van der Waals surface area contributed by atoms with Gasteiger partial charge in [0.1, 0.15) is 5.75 Å². The molecule has 4 N–H and O–H groups in total. The van der Waals surface area contributed by atoms with Crippen LogP contribution in [0.4, 0.5) is 0 Å². The Labute approximate surface area is 145 Å². The maximum atomic E-state index is 6.52. The van der Waals surface area contributed by atoms with Gasteiger partial charge in [0, 0.05) is 17.8 Å². The van der Waals surface area contributed by atoms with Gasteiger partial charge in [-0.3, -0.25) is 0 Å². The summed E-state index contributed by atoms with van der Waals surface area (Å²) < 4.78 is 6.22. The molecule has 0 amide bonds. The van der Waals surface area contributed by atoms with Crippen molar-refractivity contribution in [2.45, 2.75) is 53.5 Å². The molecule has 1 unspecified atom stereocenters. The number of ether oxygens (including phenoxy) is 1. The topological polar surface area (TPSA) is 74.2 Å². The van der Waals surface area contributed by atoms with Crippen LogP contribution in [-0.4, -0.2) is 11.5 Å². The molecule has 1 aromatic carbocycles. The van der Waals surface area contributed by atoms with Crippen molar-refractivity contribution in [2.75, 3.05) is 6.54 Å². The summed E-state index contributed by atoms with van der Waals surface area (Å²) in [7, 11) is 0. The maximum absolute atomic E-state index is 6.52. The molecule has 130 valence electrons. The second-order valence-corrected chi connectivity index (χ2v) is 6.79. The van der Waals surface area contributed by atoms with Gasteiger partial charge in [0.25, 0.3) is 0 Å². The van der Waals surface area contributed by atoms with Crippen molar-refractivity contribution >= 4 is 0 Å². The van der Waals surface area contributed by atoms with Crippen LogP contribution >= 0.6 is 0 Å². The molecule has 0 aliphatic rings. The van der Waals surface area contributed by atoms with E-state index in [1.807, 2.05) is 19.9 Å². The number of benzene rings is 1. The Balaban J connectivity index is 2.55. The molecular formula is C20H29N3O. The van der Waals surface area contributed by atoms with Crippen molar-refractivity contribution in [1.82, 2.24) is 4.98 Å². The summed E-state index contributed by atoms with van der Waals surface area (Å²) in [6.45, 7) is 12.6. The minimum absolute atomic E-state index is 0.385. The van der Waals surface area contributed by atoms with E-state index >= 15 is 0 Å². The zero-order valence-electron chi connectivity index (χ0n) is 15.7. The molecule has 0 aliphatic carbocycles. The van der Waals surface area contributed by atoms with Crippen LogP contribution in [0.25, 0.3) is 0 Å². The molecule has 0 radical (unpaired) electrons. The maximum Gasteiger partial charge on any atom is 0.222 e. The van der Waals surface area contributed by atoms with E-state index in [9.17, 15) is 0 Å². The molecule has 2 rings (SSSR count). The van der Waals surface area contributed by atoms with E-state index in [2.05, 4.69) is 44.8 Å². The summed E-state index contributed by atoms with van der Waals surface area (Å²) >= 11 is 0. The fourth-order valence-electron chi connectivity index (χ4n) is 3.19. The average molecular weight is 327 g/mol. The molecule has 1 atom stereocenters. The summed E-state index contributed by atoms with van der Waals surface area (Å²) in [5.74, 6) is 1.47. The molecule has 24 heavy (non-hydrogen) atoms. The fraction of sp³-hybridized carbons (Fsp3) is 0.450. The van der Waals surface area contributed by atoms with Gasteiger partial charge in [0.15, 0.2) is 0 Å². The average Bonchev–Trinajstić information content (AvgIpc) is 2.52. The first-order valence-electron chi connectivity index (χ1n) is 8.45. The van der Waals surface area contributed by atoms with Crippen LogP contribution in [0.3, 0.4) is 0 Å². The summed E-state index contributed by atoms with van der Waals surface area (Å²) in [6, 6.07) is 6.26. The molecular weight excluding hydrogens is 298 g/mol. The molecule has 2 aromatic rings. The first-order chi connectivity index (χ1) is 11.2. The van der Waals surface area contributed by atoms with Crippen LogP contribution in [0.2, 0.25) is 0 Å². The third-order valence-electron chi connectivity index (χ3n) is 4.69. The minimum Gasteiger partial charge on any atom is -0.438 e. The van der Waals surface area contributed by atoms with Crippen LogP contribution in [-0.2, 0) is 5.54 Å². The predicted octanol–water partition coefficient (Wildman–Crippen LogP) is 3.94. The highest BCUT2D eigenvalue weighted by Crippen LogP contribution is 2.34. The molecule has 4 nitrogen and oxygen atoms in total. The van der Waals surface area contributed by atoms with Gasteiger partial charge < -0.3 is 16.2 Å². The Morgan fingerprint density at radius 1 is 1.04 bits per heavy atom.